The Balaban J connectivity index is 0.00000176. The maximum absolute atomic E-state index is 10.9. The predicted octanol–water partition coefficient (Wildman–Crippen LogP) is 3.27. The van der Waals surface area contributed by atoms with Crippen molar-refractivity contribution in [2.45, 2.75) is 18.6 Å². The first-order valence-electron chi connectivity index (χ1n) is 6.41. The van der Waals surface area contributed by atoms with E-state index in [1.807, 2.05) is 18.2 Å². The van der Waals surface area contributed by atoms with Crippen molar-refractivity contribution < 1.29 is 14.6 Å². The monoisotopic (exact) mass is 406 g/mol. The van der Waals surface area contributed by atoms with E-state index in [-0.39, 0.29) is 18.5 Å². The molecule has 3 rings (SSSR count). The van der Waals surface area contributed by atoms with Gasteiger partial charge in [0.15, 0.2) is 0 Å². The number of nitrogens with zero attached hydrogens (tertiary/aromatic N) is 1. The van der Waals surface area contributed by atoms with E-state index < -0.39 is 12.0 Å². The first-order valence-corrected chi connectivity index (χ1v) is 7.58. The molecule has 1 aliphatic rings. The van der Waals surface area contributed by atoms with E-state index in [1.54, 1.807) is 6.07 Å². The van der Waals surface area contributed by atoms with E-state index in [1.165, 1.54) is 0 Å². The second-order valence-corrected chi connectivity index (χ2v) is 6.19. The number of carboxylic acid groups (broad SMARTS) is 1. The summed E-state index contributed by atoms with van der Waals surface area (Å²) in [5.74, 6) is -0.440. The quantitative estimate of drug-likeness (QED) is 0.764. The second-order valence-electron chi connectivity index (χ2n) is 4.89. The molecule has 8 heteroatoms. The molecule has 1 saturated heterocycles. The second kappa shape index (κ2) is 7.00. The molecule has 2 atom stereocenters. The molecule has 0 aliphatic carbocycles. The summed E-state index contributed by atoms with van der Waals surface area (Å²) in [6.07, 6.45) is 0.165. The summed E-state index contributed by atoms with van der Waals surface area (Å²) in [7, 11) is 0. The summed E-state index contributed by atoms with van der Waals surface area (Å²) >= 11 is 9.44. The Morgan fingerprint density at radius 2 is 2.23 bits per heavy atom. The summed E-state index contributed by atoms with van der Waals surface area (Å²) < 4.78 is 6.78. The average Bonchev–Trinajstić information content (AvgIpc) is 2.88. The molecule has 0 bridgehead atoms. The fourth-order valence-electron chi connectivity index (χ4n) is 2.39. The van der Waals surface area contributed by atoms with Crippen molar-refractivity contribution in [1.82, 2.24) is 10.3 Å². The number of halogens is 3. The van der Waals surface area contributed by atoms with Crippen molar-refractivity contribution in [1.29, 1.82) is 0 Å². The summed E-state index contributed by atoms with van der Waals surface area (Å²) in [5.41, 5.74) is 0. The molecule has 2 N–H and O–H groups in total. The minimum Gasteiger partial charge on any atom is -0.480 e. The molecule has 1 fully saturated rings. The molecule has 0 unspecified atom stereocenters. The van der Waals surface area contributed by atoms with Gasteiger partial charge in [-0.1, -0.05) is 33.6 Å². The largest absolute Gasteiger partial charge is 0.480 e. The van der Waals surface area contributed by atoms with Crippen molar-refractivity contribution in [2.75, 3.05) is 6.54 Å². The highest BCUT2D eigenvalue weighted by molar-refractivity contribution is 9.10. The third-order valence-corrected chi connectivity index (χ3v) is 4.08. The fraction of sp³-hybridized carbons (Fsp3) is 0.286. The SMILES string of the molecule is Cl.O=C(O)[C@@H]1C[C@@H](Oc2nc(Cl)cc3ccc(Br)cc23)CN1. The number of carbonyl (C=O) groups is 1. The Morgan fingerprint density at radius 1 is 1.45 bits per heavy atom. The number of ether oxygens (including phenoxy) is 1. The Morgan fingerprint density at radius 3 is 2.91 bits per heavy atom. The number of hydrogen-bond donors (Lipinski definition) is 2. The van der Waals surface area contributed by atoms with Crippen LogP contribution >= 0.6 is 39.9 Å². The highest BCUT2D eigenvalue weighted by Gasteiger charge is 2.31. The number of hydrogen-bond acceptors (Lipinski definition) is 4. The molecule has 0 radical (unpaired) electrons. The van der Waals surface area contributed by atoms with E-state index in [9.17, 15) is 4.79 Å². The first kappa shape index (κ1) is 17.3. The summed E-state index contributed by atoms with van der Waals surface area (Å²) in [5, 5.41) is 14.0. The van der Waals surface area contributed by atoms with Crippen LogP contribution < -0.4 is 10.1 Å². The standard InChI is InChI=1S/C14H12BrClN2O3.ClH/c15-8-2-1-7-3-12(16)18-13(10(7)4-8)21-9-5-11(14(19)20)17-6-9;/h1-4,9,11,17H,5-6H2,(H,19,20);1H/t9-,11+;/m1./s1. The number of nitrogens with one attached hydrogen (secondary N) is 1. The van der Waals surface area contributed by atoms with Crippen molar-refractivity contribution in [3.05, 3.63) is 33.9 Å². The molecular weight excluding hydrogens is 395 g/mol. The van der Waals surface area contributed by atoms with E-state index in [0.717, 1.165) is 15.2 Å². The fourth-order valence-corrected chi connectivity index (χ4v) is 2.94. The lowest BCUT2D eigenvalue weighted by atomic mass is 10.1. The van der Waals surface area contributed by atoms with Crippen LogP contribution in [0.4, 0.5) is 0 Å². The Hall–Kier alpha value is -1.08. The third kappa shape index (κ3) is 3.63. The molecule has 1 aromatic carbocycles. The topological polar surface area (TPSA) is 71.5 Å². The van der Waals surface area contributed by atoms with E-state index >= 15 is 0 Å². The molecule has 0 amide bonds. The number of pyridine rings is 1. The van der Waals surface area contributed by atoms with Gasteiger partial charge in [0.1, 0.15) is 17.3 Å². The van der Waals surface area contributed by atoms with Crippen molar-refractivity contribution >= 4 is 56.7 Å². The molecule has 2 aromatic rings. The highest BCUT2D eigenvalue weighted by Crippen LogP contribution is 2.30. The van der Waals surface area contributed by atoms with Gasteiger partial charge in [-0.15, -0.1) is 12.4 Å². The maximum atomic E-state index is 10.9. The van der Waals surface area contributed by atoms with E-state index in [4.69, 9.17) is 21.4 Å². The minimum absolute atomic E-state index is 0. The van der Waals surface area contributed by atoms with Gasteiger partial charge in [0.25, 0.3) is 0 Å². The number of benzene rings is 1. The Labute approximate surface area is 146 Å². The van der Waals surface area contributed by atoms with Gasteiger partial charge in [-0.25, -0.2) is 4.98 Å². The van der Waals surface area contributed by atoms with Crippen LogP contribution in [-0.2, 0) is 4.79 Å². The van der Waals surface area contributed by atoms with Crippen LogP contribution in [-0.4, -0.2) is 34.8 Å². The van der Waals surface area contributed by atoms with Crippen LogP contribution in [0.2, 0.25) is 5.15 Å². The van der Waals surface area contributed by atoms with Gasteiger partial charge in [-0.05, 0) is 23.6 Å². The zero-order chi connectivity index (χ0) is 15.0. The molecule has 118 valence electrons. The molecule has 2 heterocycles. The number of carboxylic acids is 1. The average molecular weight is 408 g/mol. The van der Waals surface area contributed by atoms with Crippen LogP contribution in [0, 0.1) is 0 Å². The van der Waals surface area contributed by atoms with Gasteiger partial charge in [0, 0.05) is 22.8 Å². The van der Waals surface area contributed by atoms with E-state index in [0.29, 0.717) is 24.0 Å². The number of rotatable bonds is 3. The summed E-state index contributed by atoms with van der Waals surface area (Å²) in [6.45, 7) is 0.473. The molecular formula is C14H13BrCl2N2O3. The van der Waals surface area contributed by atoms with Gasteiger partial charge in [-0.2, -0.15) is 0 Å². The zero-order valence-electron chi connectivity index (χ0n) is 11.3. The van der Waals surface area contributed by atoms with Crippen molar-refractivity contribution in [2.24, 2.45) is 0 Å². The number of fused-ring (bicyclic) bond motifs is 1. The van der Waals surface area contributed by atoms with Crippen molar-refractivity contribution in [3.63, 3.8) is 0 Å². The Kier molecular flexibility index (Phi) is 5.50. The molecule has 1 aromatic heterocycles. The lowest BCUT2D eigenvalue weighted by Crippen LogP contribution is -2.30. The maximum Gasteiger partial charge on any atom is 0.320 e. The van der Waals surface area contributed by atoms with Crippen LogP contribution in [0.3, 0.4) is 0 Å². The van der Waals surface area contributed by atoms with Gasteiger partial charge < -0.3 is 15.2 Å². The summed E-state index contributed by atoms with van der Waals surface area (Å²) in [4.78, 5) is 15.2. The van der Waals surface area contributed by atoms with Crippen LogP contribution in [0.25, 0.3) is 10.8 Å². The molecule has 0 saturated carbocycles. The lowest BCUT2D eigenvalue weighted by molar-refractivity contribution is -0.139. The van der Waals surface area contributed by atoms with E-state index in [2.05, 4.69) is 26.2 Å². The molecule has 5 nitrogen and oxygen atoms in total. The van der Waals surface area contributed by atoms with Crippen LogP contribution in [0.15, 0.2) is 28.7 Å². The normalized spacial score (nSPS) is 20.6. The molecule has 22 heavy (non-hydrogen) atoms. The predicted molar refractivity (Wildman–Crippen MR) is 90.2 cm³/mol. The van der Waals surface area contributed by atoms with Gasteiger partial charge in [-0.3, -0.25) is 4.79 Å². The summed E-state index contributed by atoms with van der Waals surface area (Å²) in [6, 6.07) is 6.94. The van der Waals surface area contributed by atoms with Gasteiger partial charge in [0.05, 0.1) is 0 Å². The lowest BCUT2D eigenvalue weighted by Gasteiger charge is -2.14. The smallest absolute Gasteiger partial charge is 0.320 e. The van der Waals surface area contributed by atoms with Gasteiger partial charge in [0.2, 0.25) is 5.88 Å². The first-order chi connectivity index (χ1) is 10.0. The molecule has 1 aliphatic heterocycles. The molecule has 0 spiro atoms. The Bertz CT molecular complexity index is 714. The minimum atomic E-state index is -0.868. The van der Waals surface area contributed by atoms with Gasteiger partial charge >= 0.3 is 5.97 Å². The number of aromatic nitrogens is 1. The number of aliphatic carboxylic acids is 1. The van der Waals surface area contributed by atoms with Crippen molar-refractivity contribution in [3.8, 4) is 5.88 Å². The highest BCUT2D eigenvalue weighted by atomic mass is 79.9. The third-order valence-electron chi connectivity index (χ3n) is 3.40. The van der Waals surface area contributed by atoms with Crippen LogP contribution in [0.1, 0.15) is 6.42 Å². The zero-order valence-corrected chi connectivity index (χ0v) is 14.4. The van der Waals surface area contributed by atoms with Crippen LogP contribution in [0.5, 0.6) is 5.88 Å².